The molecule has 0 atom stereocenters. The largest absolute Gasteiger partial charge is 0.377 e. The molecule has 19 heavy (non-hydrogen) atoms. The molecule has 0 aliphatic rings. The summed E-state index contributed by atoms with van der Waals surface area (Å²) in [7, 11) is 0. The van der Waals surface area contributed by atoms with Crippen LogP contribution in [0, 0.1) is 0 Å². The Hall–Kier alpha value is -1.70. The molecule has 0 spiro atoms. The number of rotatable bonds is 6. The zero-order chi connectivity index (χ0) is 13.0. The Morgan fingerprint density at radius 3 is 2.79 bits per heavy atom. The molecule has 0 amide bonds. The van der Waals surface area contributed by atoms with E-state index in [9.17, 15) is 13.2 Å². The van der Waals surface area contributed by atoms with Crippen LogP contribution in [0.5, 0.6) is 0 Å². The molecule has 0 aliphatic carbocycles. The molecule has 2 heterocycles. The number of hydrogen-bond donors (Lipinski definition) is 1. The zero-order valence-electron chi connectivity index (χ0n) is 9.84. The van der Waals surface area contributed by atoms with Gasteiger partial charge in [0.25, 0.3) is 0 Å². The third-order valence-electron chi connectivity index (χ3n) is 2.36. The van der Waals surface area contributed by atoms with E-state index in [0.717, 1.165) is 0 Å². The van der Waals surface area contributed by atoms with Gasteiger partial charge in [0.2, 0.25) is 0 Å². The quantitative estimate of drug-likeness (QED) is 0.890. The highest BCUT2D eigenvalue weighted by Crippen LogP contribution is 2.14. The van der Waals surface area contributed by atoms with Crippen LogP contribution in [0.3, 0.4) is 0 Å². The second-order valence-electron chi connectivity index (χ2n) is 3.58. The van der Waals surface area contributed by atoms with Crippen molar-refractivity contribution in [2.45, 2.75) is 19.6 Å². The first-order valence-corrected chi connectivity index (χ1v) is 5.33. The highest BCUT2D eigenvalue weighted by atomic mass is 35.5. The summed E-state index contributed by atoms with van der Waals surface area (Å²) >= 11 is 0. The Kier molecular flexibility index (Phi) is 5.68. The van der Waals surface area contributed by atoms with E-state index < -0.39 is 13.2 Å². The Morgan fingerprint density at radius 1 is 1.32 bits per heavy atom. The highest BCUT2D eigenvalue weighted by Gasteiger charge is 2.11. The third-order valence-corrected chi connectivity index (χ3v) is 2.36. The van der Waals surface area contributed by atoms with Gasteiger partial charge in [-0.25, -0.2) is 9.07 Å². The lowest BCUT2D eigenvalue weighted by Gasteiger charge is -2.06. The summed E-state index contributed by atoms with van der Waals surface area (Å²) in [6, 6.07) is 1.51. The van der Waals surface area contributed by atoms with Gasteiger partial charge in [-0.2, -0.15) is 19.0 Å². The number of hydrogen-bond acceptors (Lipinski definition) is 3. The molecule has 0 aromatic carbocycles. The third kappa shape index (κ3) is 3.88. The van der Waals surface area contributed by atoms with Crippen LogP contribution < -0.4 is 5.32 Å². The van der Waals surface area contributed by atoms with E-state index in [2.05, 4.69) is 15.5 Å². The number of alkyl halides is 3. The molecular formula is C10H13ClF3N5. The van der Waals surface area contributed by atoms with E-state index in [-0.39, 0.29) is 25.5 Å². The first-order valence-electron chi connectivity index (χ1n) is 5.33. The predicted molar refractivity (Wildman–Crippen MR) is 66.3 cm³/mol. The molecule has 0 bridgehead atoms. The lowest BCUT2D eigenvalue weighted by atomic mass is 10.4. The molecule has 2 rings (SSSR count). The SMILES string of the molecule is Cl.FCCn1cc(NCc2ccnn2C(F)F)cn1. The lowest BCUT2D eigenvalue weighted by molar-refractivity contribution is 0.0537. The van der Waals surface area contributed by atoms with Gasteiger partial charge in [-0.05, 0) is 6.07 Å². The van der Waals surface area contributed by atoms with Crippen LogP contribution in [0.2, 0.25) is 0 Å². The van der Waals surface area contributed by atoms with Crippen molar-refractivity contribution in [2.75, 3.05) is 12.0 Å². The molecule has 106 valence electrons. The smallest absolute Gasteiger partial charge is 0.333 e. The summed E-state index contributed by atoms with van der Waals surface area (Å²) < 4.78 is 39.1. The fourth-order valence-electron chi connectivity index (χ4n) is 1.51. The van der Waals surface area contributed by atoms with Crippen molar-refractivity contribution < 1.29 is 13.2 Å². The average molecular weight is 296 g/mol. The van der Waals surface area contributed by atoms with Gasteiger partial charge < -0.3 is 5.32 Å². The Morgan fingerprint density at radius 2 is 2.11 bits per heavy atom. The van der Waals surface area contributed by atoms with Crippen LogP contribution in [0.15, 0.2) is 24.7 Å². The molecule has 9 heteroatoms. The van der Waals surface area contributed by atoms with Crippen molar-refractivity contribution in [3.63, 3.8) is 0 Å². The number of aromatic nitrogens is 4. The van der Waals surface area contributed by atoms with E-state index in [1.807, 2.05) is 0 Å². The molecule has 5 nitrogen and oxygen atoms in total. The first kappa shape index (κ1) is 15.4. The molecule has 0 radical (unpaired) electrons. The van der Waals surface area contributed by atoms with Crippen LogP contribution in [0.25, 0.3) is 0 Å². The van der Waals surface area contributed by atoms with E-state index >= 15 is 0 Å². The maximum Gasteiger partial charge on any atom is 0.333 e. The van der Waals surface area contributed by atoms with E-state index in [4.69, 9.17) is 0 Å². The van der Waals surface area contributed by atoms with Gasteiger partial charge in [0.1, 0.15) is 6.67 Å². The molecular weight excluding hydrogens is 283 g/mol. The molecule has 0 saturated heterocycles. The number of nitrogens with zero attached hydrogens (tertiary/aromatic N) is 4. The van der Waals surface area contributed by atoms with E-state index in [1.165, 1.54) is 23.1 Å². The first-order chi connectivity index (χ1) is 8.70. The minimum atomic E-state index is -2.66. The molecule has 0 aliphatic heterocycles. The molecule has 0 fully saturated rings. The minimum absolute atomic E-state index is 0. The van der Waals surface area contributed by atoms with Crippen LogP contribution in [-0.2, 0) is 13.1 Å². The van der Waals surface area contributed by atoms with Crippen LogP contribution in [-0.4, -0.2) is 26.2 Å². The van der Waals surface area contributed by atoms with Gasteiger partial charge in [-0.15, -0.1) is 12.4 Å². The van der Waals surface area contributed by atoms with E-state index in [0.29, 0.717) is 16.1 Å². The molecule has 2 aromatic heterocycles. The number of nitrogens with one attached hydrogen (secondary N) is 1. The summed E-state index contributed by atoms with van der Waals surface area (Å²) in [5, 5.41) is 10.3. The second kappa shape index (κ2) is 7.03. The monoisotopic (exact) mass is 295 g/mol. The molecule has 2 aromatic rings. The summed E-state index contributed by atoms with van der Waals surface area (Å²) in [5.41, 5.74) is 1.01. The fourth-order valence-corrected chi connectivity index (χ4v) is 1.51. The van der Waals surface area contributed by atoms with E-state index in [1.54, 1.807) is 6.20 Å². The maximum absolute atomic E-state index is 12.5. The Balaban J connectivity index is 0.00000180. The molecule has 1 N–H and O–H groups in total. The highest BCUT2D eigenvalue weighted by molar-refractivity contribution is 5.85. The van der Waals surface area contributed by atoms with Crippen LogP contribution in [0.1, 0.15) is 12.2 Å². The zero-order valence-corrected chi connectivity index (χ0v) is 10.7. The topological polar surface area (TPSA) is 47.7 Å². The minimum Gasteiger partial charge on any atom is -0.377 e. The average Bonchev–Trinajstić information content (AvgIpc) is 2.95. The van der Waals surface area contributed by atoms with Crippen molar-refractivity contribution in [2.24, 2.45) is 0 Å². The van der Waals surface area contributed by atoms with Crippen molar-refractivity contribution >= 4 is 18.1 Å². The van der Waals surface area contributed by atoms with Crippen LogP contribution >= 0.6 is 12.4 Å². The Labute approximate surface area is 113 Å². The van der Waals surface area contributed by atoms with Crippen LogP contribution in [0.4, 0.5) is 18.9 Å². The standard InChI is InChI=1S/C10H12F3N5.ClH/c11-2-4-17-7-8(5-16-17)14-6-9-1-3-15-18(9)10(12)13;/h1,3,5,7,10,14H,2,4,6H2;1H. The van der Waals surface area contributed by atoms with Gasteiger partial charge in [-0.3, -0.25) is 4.68 Å². The predicted octanol–water partition coefficient (Wildman–Crippen LogP) is 2.48. The van der Waals surface area contributed by atoms with Gasteiger partial charge in [-0.1, -0.05) is 0 Å². The summed E-state index contributed by atoms with van der Waals surface area (Å²) in [4.78, 5) is 0. The maximum atomic E-state index is 12.5. The van der Waals surface area contributed by atoms with Crippen molar-refractivity contribution in [3.8, 4) is 0 Å². The van der Waals surface area contributed by atoms with Gasteiger partial charge in [0, 0.05) is 12.4 Å². The lowest BCUT2D eigenvalue weighted by Crippen LogP contribution is -2.09. The number of anilines is 1. The van der Waals surface area contributed by atoms with Crippen molar-refractivity contribution in [3.05, 3.63) is 30.4 Å². The number of aryl methyl sites for hydroxylation is 1. The summed E-state index contributed by atoms with van der Waals surface area (Å²) in [6.07, 6.45) is 4.44. The fraction of sp³-hybridized carbons (Fsp3) is 0.400. The van der Waals surface area contributed by atoms with Gasteiger partial charge in [0.15, 0.2) is 0 Å². The number of halogens is 4. The molecule has 0 unspecified atom stereocenters. The summed E-state index contributed by atoms with van der Waals surface area (Å²) in [6.45, 7) is -2.78. The second-order valence-corrected chi connectivity index (χ2v) is 3.58. The van der Waals surface area contributed by atoms with Crippen molar-refractivity contribution in [1.82, 2.24) is 19.6 Å². The van der Waals surface area contributed by atoms with Crippen molar-refractivity contribution in [1.29, 1.82) is 0 Å². The molecule has 0 saturated carbocycles. The van der Waals surface area contributed by atoms with Gasteiger partial charge >= 0.3 is 6.55 Å². The normalized spacial score (nSPS) is 10.5. The summed E-state index contributed by atoms with van der Waals surface area (Å²) in [5.74, 6) is 0. The van der Waals surface area contributed by atoms with Gasteiger partial charge in [0.05, 0.1) is 30.7 Å². The Bertz CT molecular complexity index is 499.